The van der Waals surface area contributed by atoms with Crippen LogP contribution in [-0.2, 0) is 10.9 Å². The van der Waals surface area contributed by atoms with Gasteiger partial charge in [0.1, 0.15) is 33.4 Å². The average Bonchev–Trinajstić information content (AvgIpc) is 2.95. The minimum Gasteiger partial charge on any atom is -0.495 e. The second kappa shape index (κ2) is 14.9. The zero-order valence-corrected chi connectivity index (χ0v) is 29.2. The number of benzene rings is 2. The van der Waals surface area contributed by atoms with Crippen molar-refractivity contribution in [2.45, 2.75) is 78.2 Å². The quantitative estimate of drug-likeness (QED) is 0.288. The molecule has 1 fully saturated rings. The predicted molar refractivity (Wildman–Crippen MR) is 179 cm³/mol. The predicted octanol–water partition coefficient (Wildman–Crippen LogP) is 8.82. The lowest BCUT2D eigenvalue weighted by Gasteiger charge is -2.31. The fourth-order valence-electron chi connectivity index (χ4n) is 4.76. The molecule has 2 amide bonds. The molecule has 0 bridgehead atoms. The van der Waals surface area contributed by atoms with Crippen LogP contribution in [0.2, 0.25) is 5.02 Å². The van der Waals surface area contributed by atoms with E-state index in [1.807, 2.05) is 31.7 Å². The van der Waals surface area contributed by atoms with Gasteiger partial charge < -0.3 is 24.0 Å². The minimum absolute atomic E-state index is 0.126. The molecule has 258 valence electrons. The van der Waals surface area contributed by atoms with E-state index >= 15 is 0 Å². The summed E-state index contributed by atoms with van der Waals surface area (Å²) in [5.41, 5.74) is -0.463. The average molecular weight is 681 g/mol. The topological polar surface area (TPSA) is 93.2 Å². The van der Waals surface area contributed by atoms with Crippen LogP contribution in [0.3, 0.4) is 0 Å². The molecule has 1 aromatic heterocycles. The van der Waals surface area contributed by atoms with E-state index in [0.717, 1.165) is 49.9 Å². The monoisotopic (exact) mass is 680 g/mol. The van der Waals surface area contributed by atoms with Crippen molar-refractivity contribution >= 4 is 45.9 Å². The molecule has 1 aliphatic rings. The number of ether oxygens (including phenoxy) is 3. The lowest BCUT2D eigenvalue weighted by atomic mass is 10.1. The first-order valence-corrected chi connectivity index (χ1v) is 15.6. The molecule has 1 saturated heterocycles. The molecule has 0 aliphatic carbocycles. The molecule has 0 unspecified atom stereocenters. The number of carbonyl (C=O) groups is 2. The smallest absolute Gasteiger partial charge is 0.416 e. The van der Waals surface area contributed by atoms with Gasteiger partial charge in [0, 0.05) is 38.6 Å². The van der Waals surface area contributed by atoms with E-state index in [2.05, 4.69) is 10.3 Å². The van der Waals surface area contributed by atoms with Gasteiger partial charge in [-0.1, -0.05) is 11.6 Å². The number of amides is 2. The summed E-state index contributed by atoms with van der Waals surface area (Å²) in [6.45, 7) is 12.4. The van der Waals surface area contributed by atoms with Crippen molar-refractivity contribution in [2.24, 2.45) is 0 Å². The molecule has 3 aromatic rings. The summed E-state index contributed by atoms with van der Waals surface area (Å²) in [4.78, 5) is 32.2. The zero-order valence-electron chi connectivity index (χ0n) is 28.4. The van der Waals surface area contributed by atoms with Crippen LogP contribution in [0.5, 0.6) is 11.5 Å². The molecule has 0 saturated carbocycles. The van der Waals surface area contributed by atoms with Gasteiger partial charge in [0.05, 0.1) is 29.6 Å². The number of methoxy groups -OCH3 is 1. The maximum absolute atomic E-state index is 13.0. The normalized spacial score (nSPS) is 13.8. The third-order valence-electron chi connectivity index (χ3n) is 6.76. The summed E-state index contributed by atoms with van der Waals surface area (Å²) in [5.74, 6) is 0.852. The highest BCUT2D eigenvalue weighted by molar-refractivity contribution is 6.36. The van der Waals surface area contributed by atoms with Crippen LogP contribution >= 0.6 is 11.6 Å². The Bertz CT molecular complexity index is 1580. The number of rotatable bonds is 5. The zero-order chi connectivity index (χ0) is 35.3. The van der Waals surface area contributed by atoms with Crippen molar-refractivity contribution in [1.82, 2.24) is 9.88 Å². The van der Waals surface area contributed by atoms with Crippen LogP contribution in [0.25, 0.3) is 10.9 Å². The summed E-state index contributed by atoms with van der Waals surface area (Å²) in [5, 5.41) is 3.57. The van der Waals surface area contributed by atoms with Gasteiger partial charge >= 0.3 is 12.3 Å². The Hall–Kier alpha value is -3.93. The number of hydrogen-bond acceptors (Lipinski definition) is 7. The maximum Gasteiger partial charge on any atom is 0.416 e. The number of fused-ring (bicyclic) bond motifs is 1. The number of pyridine rings is 1. The van der Waals surface area contributed by atoms with E-state index in [0.29, 0.717) is 27.7 Å². The van der Waals surface area contributed by atoms with Gasteiger partial charge in [0.2, 0.25) is 0 Å². The van der Waals surface area contributed by atoms with Crippen LogP contribution in [0, 0.1) is 0 Å². The third-order valence-corrected chi connectivity index (χ3v) is 7.13. The Balaban J connectivity index is 0.000000256. The molecule has 9 nitrogen and oxygen atoms in total. The Morgan fingerprint density at radius 3 is 2.09 bits per heavy atom. The molecule has 0 atom stereocenters. The van der Waals surface area contributed by atoms with Gasteiger partial charge in [-0.05, 0) is 91.1 Å². The Morgan fingerprint density at radius 2 is 1.55 bits per heavy atom. The summed E-state index contributed by atoms with van der Waals surface area (Å²) in [6, 6.07) is 8.67. The van der Waals surface area contributed by atoms with Crippen LogP contribution in [0.4, 0.5) is 29.3 Å². The van der Waals surface area contributed by atoms with Gasteiger partial charge in [-0.15, -0.1) is 0 Å². The number of halogens is 4. The van der Waals surface area contributed by atoms with E-state index in [9.17, 15) is 22.8 Å². The highest BCUT2D eigenvalue weighted by Gasteiger charge is 2.32. The molecule has 0 radical (unpaired) electrons. The molecule has 0 spiro atoms. The van der Waals surface area contributed by atoms with Crippen LogP contribution in [0.15, 0.2) is 36.4 Å². The Morgan fingerprint density at radius 1 is 0.915 bits per heavy atom. The van der Waals surface area contributed by atoms with Gasteiger partial charge in [-0.3, -0.25) is 10.1 Å². The van der Waals surface area contributed by atoms with Crippen molar-refractivity contribution < 1.29 is 37.0 Å². The molecule has 1 aliphatic heterocycles. The second-order valence-corrected chi connectivity index (χ2v) is 13.7. The first kappa shape index (κ1) is 37.5. The van der Waals surface area contributed by atoms with Crippen LogP contribution in [-0.4, -0.2) is 67.4 Å². The molecule has 2 aromatic carbocycles. The fourth-order valence-corrected chi connectivity index (χ4v) is 5.04. The number of aromatic nitrogens is 1. The number of hydrogen-bond donors (Lipinski definition) is 1. The van der Waals surface area contributed by atoms with Crippen molar-refractivity contribution in [3.05, 3.63) is 52.7 Å². The summed E-state index contributed by atoms with van der Waals surface area (Å²) >= 11 is 6.37. The summed E-state index contributed by atoms with van der Waals surface area (Å²) in [7, 11) is 4.88. The van der Waals surface area contributed by atoms with Gasteiger partial charge in [-0.25, -0.2) is 9.78 Å². The van der Waals surface area contributed by atoms with Crippen molar-refractivity contribution in [2.75, 3.05) is 44.5 Å². The molecule has 2 heterocycles. The highest BCUT2D eigenvalue weighted by Crippen LogP contribution is 2.38. The SMILES string of the molecule is CC(C)(C)OC(=O)Nc1cc(C(F)(F)F)ccc1N1CCCCC1.COc1ccc2c(OC(C)(C)C)cc(C(=O)N(C)C)nc2c1Cl. The molecule has 47 heavy (non-hydrogen) atoms. The third kappa shape index (κ3) is 10.5. The number of anilines is 2. The molecular formula is C34H44ClF3N4O5. The molecular weight excluding hydrogens is 637 g/mol. The molecule has 1 N–H and O–H groups in total. The lowest BCUT2D eigenvalue weighted by Crippen LogP contribution is -2.32. The largest absolute Gasteiger partial charge is 0.495 e. The molecule has 13 heteroatoms. The van der Waals surface area contributed by atoms with Crippen LogP contribution < -0.4 is 19.7 Å². The summed E-state index contributed by atoms with van der Waals surface area (Å²) < 4.78 is 55.4. The summed E-state index contributed by atoms with van der Waals surface area (Å²) in [6.07, 6.45) is -2.17. The Labute approximate surface area is 279 Å². The van der Waals surface area contributed by atoms with E-state index in [-0.39, 0.29) is 17.3 Å². The number of nitrogens with zero attached hydrogens (tertiary/aromatic N) is 3. The molecule has 4 rings (SSSR count). The maximum atomic E-state index is 13.0. The van der Waals surface area contributed by atoms with Crippen molar-refractivity contribution in [1.29, 1.82) is 0 Å². The van der Waals surface area contributed by atoms with Crippen LogP contribution in [0.1, 0.15) is 76.9 Å². The lowest BCUT2D eigenvalue weighted by molar-refractivity contribution is -0.137. The number of nitrogens with one attached hydrogen (secondary N) is 1. The van der Waals surface area contributed by atoms with E-state index in [1.54, 1.807) is 47.0 Å². The number of carbonyl (C=O) groups excluding carboxylic acids is 2. The van der Waals surface area contributed by atoms with Crippen molar-refractivity contribution in [3.63, 3.8) is 0 Å². The van der Waals surface area contributed by atoms with E-state index < -0.39 is 29.0 Å². The van der Waals surface area contributed by atoms with Gasteiger partial charge in [0.25, 0.3) is 5.91 Å². The number of alkyl halides is 3. The highest BCUT2D eigenvalue weighted by atomic mass is 35.5. The minimum atomic E-state index is -4.47. The first-order valence-electron chi connectivity index (χ1n) is 15.2. The Kier molecular flexibility index (Phi) is 11.9. The van der Waals surface area contributed by atoms with Gasteiger partial charge in [-0.2, -0.15) is 13.2 Å². The van der Waals surface area contributed by atoms with E-state index in [1.165, 1.54) is 18.1 Å². The fraction of sp³-hybridized carbons (Fsp3) is 0.500. The number of piperidine rings is 1. The second-order valence-electron chi connectivity index (χ2n) is 13.3. The standard InChI is InChI=1S/C17H21ClN2O3.C17H23F3N2O2/c1-17(2,3)23-13-9-11(16(21)20(4)5)19-15-10(13)7-8-12(22-6)14(15)18;1-16(2,3)24-15(23)21-13-11-12(17(18,19)20)7-8-14(13)22-9-5-4-6-10-22/h7-9H,1-6H3;7-8,11H,4-6,9-10H2,1-3H3,(H,21,23). The van der Waals surface area contributed by atoms with Crippen molar-refractivity contribution in [3.8, 4) is 11.5 Å². The first-order chi connectivity index (χ1) is 21.7. The van der Waals surface area contributed by atoms with E-state index in [4.69, 9.17) is 25.8 Å². The van der Waals surface area contributed by atoms with Gasteiger partial charge in [0.15, 0.2) is 0 Å².